The second kappa shape index (κ2) is 8.31. The van der Waals surface area contributed by atoms with E-state index in [1.807, 2.05) is 12.1 Å². The number of carbonyl (C=O) groups excluding carboxylic acids is 1. The molecule has 6 nitrogen and oxygen atoms in total. The molecule has 1 heterocycles. The van der Waals surface area contributed by atoms with E-state index in [0.29, 0.717) is 19.4 Å². The van der Waals surface area contributed by atoms with E-state index in [2.05, 4.69) is 43.4 Å². The van der Waals surface area contributed by atoms with Crippen LogP contribution in [0.2, 0.25) is 0 Å². The molecule has 0 aromatic heterocycles. The van der Waals surface area contributed by atoms with Gasteiger partial charge >= 0.3 is 0 Å². The first-order chi connectivity index (χ1) is 12.1. The van der Waals surface area contributed by atoms with Crippen molar-refractivity contribution in [3.63, 3.8) is 0 Å². The van der Waals surface area contributed by atoms with Gasteiger partial charge in [0.25, 0.3) is 0 Å². The molecule has 0 saturated carbocycles. The van der Waals surface area contributed by atoms with E-state index >= 15 is 0 Å². The van der Waals surface area contributed by atoms with Gasteiger partial charge in [-0.2, -0.15) is 5.10 Å². The minimum atomic E-state index is -3.25. The monoisotopic (exact) mass is 379 g/mol. The number of rotatable bonds is 5. The third-order valence-electron chi connectivity index (χ3n) is 4.68. The third kappa shape index (κ3) is 5.38. The molecule has 26 heavy (non-hydrogen) atoms. The fourth-order valence-corrected chi connectivity index (χ4v) is 4.10. The van der Waals surface area contributed by atoms with Crippen molar-refractivity contribution >= 4 is 22.1 Å². The van der Waals surface area contributed by atoms with E-state index in [9.17, 15) is 13.2 Å². The number of hydrogen-bond acceptors (Lipinski definition) is 4. The van der Waals surface area contributed by atoms with Crippen molar-refractivity contribution in [2.45, 2.75) is 46.0 Å². The van der Waals surface area contributed by atoms with Crippen molar-refractivity contribution in [2.75, 3.05) is 18.8 Å². The van der Waals surface area contributed by atoms with Crippen LogP contribution < -0.4 is 5.43 Å². The summed E-state index contributed by atoms with van der Waals surface area (Å²) in [6, 6.07) is 8.04. The molecule has 0 spiro atoms. The van der Waals surface area contributed by atoms with Gasteiger partial charge in [-0.05, 0) is 36.3 Å². The standard InChI is InChI=1S/C19H29N3O3S/c1-5-26(24,25)22-12-6-7-16(14-22)18(23)21-20-13-15-8-10-17(11-9-15)19(2,3)4/h8-11,13,16H,5-7,12,14H2,1-4H3,(H,21,23)/b20-13+. The first-order valence-electron chi connectivity index (χ1n) is 9.05. The lowest BCUT2D eigenvalue weighted by Crippen LogP contribution is -2.45. The molecule has 0 bridgehead atoms. The second-order valence-electron chi connectivity index (χ2n) is 7.70. The smallest absolute Gasteiger partial charge is 0.244 e. The molecule has 1 N–H and O–H groups in total. The van der Waals surface area contributed by atoms with E-state index < -0.39 is 10.0 Å². The number of benzene rings is 1. The number of amides is 1. The zero-order valence-electron chi connectivity index (χ0n) is 16.0. The second-order valence-corrected chi connectivity index (χ2v) is 9.96. The topological polar surface area (TPSA) is 78.8 Å². The molecule has 1 unspecified atom stereocenters. The van der Waals surface area contributed by atoms with Gasteiger partial charge in [0.2, 0.25) is 15.9 Å². The molecular weight excluding hydrogens is 350 g/mol. The van der Waals surface area contributed by atoms with E-state index in [-0.39, 0.29) is 29.5 Å². The molecule has 2 rings (SSSR count). The Labute approximate surface area is 156 Å². The van der Waals surface area contributed by atoms with Crippen LogP contribution in [0.1, 0.15) is 51.7 Å². The van der Waals surface area contributed by atoms with Crippen LogP contribution in [0.4, 0.5) is 0 Å². The van der Waals surface area contributed by atoms with Gasteiger partial charge < -0.3 is 0 Å². The highest BCUT2D eigenvalue weighted by Crippen LogP contribution is 2.22. The van der Waals surface area contributed by atoms with Crippen LogP contribution in [0.5, 0.6) is 0 Å². The molecule has 1 aromatic carbocycles. The Hall–Kier alpha value is -1.73. The van der Waals surface area contributed by atoms with Crippen molar-refractivity contribution < 1.29 is 13.2 Å². The zero-order chi connectivity index (χ0) is 19.4. The molecule has 1 saturated heterocycles. The Morgan fingerprint density at radius 2 is 1.96 bits per heavy atom. The number of nitrogens with one attached hydrogen (secondary N) is 1. The van der Waals surface area contributed by atoms with Gasteiger partial charge in [-0.15, -0.1) is 0 Å². The van der Waals surface area contributed by atoms with Crippen LogP contribution in [0, 0.1) is 5.92 Å². The van der Waals surface area contributed by atoms with Gasteiger partial charge in [-0.1, -0.05) is 45.0 Å². The highest BCUT2D eigenvalue weighted by atomic mass is 32.2. The van der Waals surface area contributed by atoms with E-state index in [1.165, 1.54) is 9.87 Å². The van der Waals surface area contributed by atoms with Crippen molar-refractivity contribution in [3.05, 3.63) is 35.4 Å². The van der Waals surface area contributed by atoms with Crippen molar-refractivity contribution in [1.82, 2.24) is 9.73 Å². The average Bonchev–Trinajstić information content (AvgIpc) is 2.61. The van der Waals surface area contributed by atoms with Gasteiger partial charge in [0.1, 0.15) is 0 Å². The van der Waals surface area contributed by atoms with Gasteiger partial charge in [-0.3, -0.25) is 4.79 Å². The molecule has 144 valence electrons. The number of hydrazone groups is 1. The molecular formula is C19H29N3O3S. The molecule has 1 fully saturated rings. The molecule has 0 radical (unpaired) electrons. The number of piperidine rings is 1. The summed E-state index contributed by atoms with van der Waals surface area (Å²) >= 11 is 0. The summed E-state index contributed by atoms with van der Waals surface area (Å²) in [6.07, 6.45) is 2.97. The highest BCUT2D eigenvalue weighted by molar-refractivity contribution is 7.89. The minimum Gasteiger partial charge on any atom is -0.273 e. The van der Waals surface area contributed by atoms with Crippen LogP contribution >= 0.6 is 0 Å². The maximum atomic E-state index is 12.3. The quantitative estimate of drug-likeness (QED) is 0.631. The summed E-state index contributed by atoms with van der Waals surface area (Å²) < 4.78 is 25.4. The summed E-state index contributed by atoms with van der Waals surface area (Å²) in [6.45, 7) is 8.81. The SMILES string of the molecule is CCS(=O)(=O)N1CCCC(C(=O)N/N=C/c2ccc(C(C)(C)C)cc2)C1. The lowest BCUT2D eigenvalue weighted by Gasteiger charge is -2.30. The van der Waals surface area contributed by atoms with Gasteiger partial charge in [0, 0.05) is 13.1 Å². The number of hydrogen-bond donors (Lipinski definition) is 1. The minimum absolute atomic E-state index is 0.0596. The predicted octanol–water partition coefficient (Wildman–Crippen LogP) is 2.50. The van der Waals surface area contributed by atoms with Crippen LogP contribution in [0.15, 0.2) is 29.4 Å². The highest BCUT2D eigenvalue weighted by Gasteiger charge is 2.31. The van der Waals surface area contributed by atoms with Crippen LogP contribution in [-0.2, 0) is 20.2 Å². The van der Waals surface area contributed by atoms with Crippen molar-refractivity contribution in [1.29, 1.82) is 0 Å². The molecule has 7 heteroatoms. The fourth-order valence-electron chi connectivity index (χ4n) is 2.92. The average molecular weight is 380 g/mol. The van der Waals surface area contributed by atoms with E-state index in [0.717, 1.165) is 5.56 Å². The molecule has 0 aliphatic carbocycles. The Morgan fingerprint density at radius 3 is 2.54 bits per heavy atom. The summed E-state index contributed by atoms with van der Waals surface area (Å²) in [5.74, 6) is -0.529. The summed E-state index contributed by atoms with van der Waals surface area (Å²) in [4.78, 5) is 12.3. The van der Waals surface area contributed by atoms with Gasteiger partial charge in [0.15, 0.2) is 0 Å². The Bertz CT molecular complexity index is 749. The molecule has 1 aromatic rings. The maximum absolute atomic E-state index is 12.3. The number of nitrogens with zero attached hydrogens (tertiary/aromatic N) is 2. The van der Waals surface area contributed by atoms with E-state index in [4.69, 9.17) is 0 Å². The van der Waals surface area contributed by atoms with E-state index in [1.54, 1.807) is 13.1 Å². The molecule has 1 aliphatic heterocycles. The molecule has 1 atom stereocenters. The lowest BCUT2D eigenvalue weighted by atomic mass is 9.87. The third-order valence-corrected chi connectivity index (χ3v) is 6.53. The van der Waals surface area contributed by atoms with Crippen molar-refractivity contribution in [3.8, 4) is 0 Å². The predicted molar refractivity (Wildman–Crippen MR) is 105 cm³/mol. The van der Waals surface area contributed by atoms with Crippen LogP contribution in [-0.4, -0.2) is 43.7 Å². The van der Waals surface area contributed by atoms with Crippen LogP contribution in [0.3, 0.4) is 0 Å². The number of carbonyl (C=O) groups is 1. The maximum Gasteiger partial charge on any atom is 0.244 e. The zero-order valence-corrected chi connectivity index (χ0v) is 16.8. The van der Waals surface area contributed by atoms with Crippen LogP contribution in [0.25, 0.3) is 0 Å². The summed E-state index contributed by atoms with van der Waals surface area (Å²) in [5.41, 5.74) is 4.77. The number of sulfonamides is 1. The Morgan fingerprint density at radius 1 is 1.31 bits per heavy atom. The summed E-state index contributed by atoms with van der Waals surface area (Å²) in [7, 11) is -3.25. The Balaban J connectivity index is 1.92. The van der Waals surface area contributed by atoms with Gasteiger partial charge in [-0.25, -0.2) is 18.1 Å². The molecule has 1 amide bonds. The largest absolute Gasteiger partial charge is 0.273 e. The first-order valence-corrected chi connectivity index (χ1v) is 10.7. The summed E-state index contributed by atoms with van der Waals surface area (Å²) in [5, 5.41) is 4.02. The lowest BCUT2D eigenvalue weighted by molar-refractivity contribution is -0.126. The normalized spacial score (nSPS) is 19.6. The Kier molecular flexibility index (Phi) is 6.58. The first kappa shape index (κ1) is 20.6. The van der Waals surface area contributed by atoms with Gasteiger partial charge in [0.05, 0.1) is 17.9 Å². The van der Waals surface area contributed by atoms with Crippen molar-refractivity contribution in [2.24, 2.45) is 11.0 Å². The fraction of sp³-hybridized carbons (Fsp3) is 0.579. The molecule has 1 aliphatic rings.